The molecule has 2 aromatic heterocycles. The van der Waals surface area contributed by atoms with Crippen LogP contribution in [-0.4, -0.2) is 25.1 Å². The maximum absolute atomic E-state index is 11.0. The highest BCUT2D eigenvalue weighted by Gasteiger charge is 2.09. The lowest BCUT2D eigenvalue weighted by Crippen LogP contribution is -1.90. The summed E-state index contributed by atoms with van der Waals surface area (Å²) < 4.78 is 14.3. The Balaban J connectivity index is 2.70. The molecular formula is C5H4IN3OS2. The van der Waals surface area contributed by atoms with E-state index >= 15 is 0 Å². The van der Waals surface area contributed by atoms with E-state index in [0.717, 1.165) is 8.66 Å². The molecule has 0 amide bonds. The highest BCUT2D eigenvalue weighted by atomic mass is 127. The Kier molecular flexibility index (Phi) is 2.17. The minimum absolute atomic E-state index is 0.621. The van der Waals surface area contributed by atoms with E-state index in [1.165, 1.54) is 11.3 Å². The maximum Gasteiger partial charge on any atom is 0.213 e. The minimum atomic E-state index is -1.01. The van der Waals surface area contributed by atoms with Crippen LogP contribution in [0, 0.1) is 3.70 Å². The molecule has 12 heavy (non-hydrogen) atoms. The molecule has 2 aromatic rings. The molecule has 2 heterocycles. The van der Waals surface area contributed by atoms with Gasteiger partial charge >= 0.3 is 0 Å². The SMILES string of the molecule is C[S@@](=O)c1nn2c(I)cnc2s1. The fraction of sp³-hybridized carbons (Fsp3) is 0.200. The molecule has 0 saturated carbocycles. The van der Waals surface area contributed by atoms with Gasteiger partial charge in [-0.15, -0.1) is 5.10 Å². The van der Waals surface area contributed by atoms with Crippen molar-refractivity contribution < 1.29 is 4.21 Å². The smallest absolute Gasteiger partial charge is 0.213 e. The van der Waals surface area contributed by atoms with Crippen LogP contribution in [0.1, 0.15) is 0 Å². The summed E-state index contributed by atoms with van der Waals surface area (Å²) in [5.74, 6) is 0. The first-order chi connectivity index (χ1) is 5.68. The van der Waals surface area contributed by atoms with Crippen molar-refractivity contribution in [2.24, 2.45) is 0 Å². The van der Waals surface area contributed by atoms with Crippen LogP contribution in [-0.2, 0) is 10.8 Å². The Hall–Kier alpha value is -0.0200. The lowest BCUT2D eigenvalue weighted by Gasteiger charge is -1.83. The van der Waals surface area contributed by atoms with Crippen molar-refractivity contribution in [1.29, 1.82) is 0 Å². The third-order valence-electron chi connectivity index (χ3n) is 1.27. The number of aromatic nitrogens is 3. The van der Waals surface area contributed by atoms with E-state index in [9.17, 15) is 4.21 Å². The molecule has 0 aliphatic rings. The van der Waals surface area contributed by atoms with Crippen LogP contribution in [0.15, 0.2) is 10.5 Å². The summed E-state index contributed by atoms with van der Waals surface area (Å²) in [6.07, 6.45) is 3.35. The molecule has 0 bridgehead atoms. The van der Waals surface area contributed by atoms with Gasteiger partial charge in [0.15, 0.2) is 0 Å². The van der Waals surface area contributed by atoms with E-state index in [4.69, 9.17) is 0 Å². The van der Waals surface area contributed by atoms with Crippen molar-refractivity contribution in [2.75, 3.05) is 6.26 Å². The van der Waals surface area contributed by atoms with Crippen molar-refractivity contribution in [3.8, 4) is 0 Å². The van der Waals surface area contributed by atoms with E-state index in [0.29, 0.717) is 4.34 Å². The standard InChI is InChI=1S/C5H4IN3OS2/c1-12(10)5-8-9-3(6)2-7-4(9)11-5/h2H,1H3/t12-/m1/s1. The Labute approximate surface area is 88.6 Å². The number of nitrogens with zero attached hydrogens (tertiary/aromatic N) is 3. The fourth-order valence-corrected chi connectivity index (χ4v) is 2.90. The molecule has 0 aliphatic carbocycles. The average Bonchev–Trinajstić information content (AvgIpc) is 2.53. The van der Waals surface area contributed by atoms with Crippen LogP contribution in [0.4, 0.5) is 0 Å². The van der Waals surface area contributed by atoms with Crippen LogP contribution in [0.25, 0.3) is 4.96 Å². The lowest BCUT2D eigenvalue weighted by molar-refractivity contribution is 0.684. The molecule has 0 saturated heterocycles. The fourth-order valence-electron chi connectivity index (χ4n) is 0.766. The quantitative estimate of drug-likeness (QED) is 0.742. The lowest BCUT2D eigenvalue weighted by atomic mass is 11.0. The number of halogens is 1. The van der Waals surface area contributed by atoms with Gasteiger partial charge in [0.25, 0.3) is 0 Å². The van der Waals surface area contributed by atoms with Crippen molar-refractivity contribution in [2.45, 2.75) is 4.34 Å². The van der Waals surface area contributed by atoms with E-state index in [1.54, 1.807) is 17.0 Å². The summed E-state index contributed by atoms with van der Waals surface area (Å²) in [4.78, 5) is 4.89. The first-order valence-corrected chi connectivity index (χ1v) is 6.47. The maximum atomic E-state index is 11.0. The molecule has 0 N–H and O–H groups in total. The van der Waals surface area contributed by atoms with Crippen LogP contribution in [0.2, 0.25) is 0 Å². The predicted molar refractivity (Wildman–Crippen MR) is 55.9 cm³/mol. The first-order valence-electron chi connectivity index (χ1n) is 3.02. The van der Waals surface area contributed by atoms with Crippen LogP contribution in [0.5, 0.6) is 0 Å². The molecule has 2 rings (SSSR count). The first kappa shape index (κ1) is 8.57. The molecule has 4 nitrogen and oxygen atoms in total. The average molecular weight is 313 g/mol. The molecule has 64 valence electrons. The van der Waals surface area contributed by atoms with E-state index < -0.39 is 10.8 Å². The molecule has 0 aromatic carbocycles. The Bertz CT molecular complexity index is 448. The number of fused-ring (bicyclic) bond motifs is 1. The second kappa shape index (κ2) is 3.04. The molecule has 7 heteroatoms. The zero-order chi connectivity index (χ0) is 8.72. The molecule has 0 unspecified atom stereocenters. The van der Waals surface area contributed by atoms with Gasteiger partial charge in [-0.3, -0.25) is 4.21 Å². The van der Waals surface area contributed by atoms with E-state index in [1.807, 2.05) is 0 Å². The minimum Gasteiger partial charge on any atom is -0.252 e. The third-order valence-corrected chi connectivity index (χ3v) is 4.25. The van der Waals surface area contributed by atoms with Gasteiger partial charge in [0, 0.05) is 6.26 Å². The molecular weight excluding hydrogens is 309 g/mol. The molecule has 0 spiro atoms. The van der Waals surface area contributed by atoms with Crippen molar-refractivity contribution in [3.05, 3.63) is 9.90 Å². The number of imidazole rings is 1. The summed E-state index contributed by atoms with van der Waals surface area (Å²) in [7, 11) is -1.01. The van der Waals surface area contributed by atoms with Gasteiger partial charge in [-0.1, -0.05) is 11.3 Å². The summed E-state index contributed by atoms with van der Waals surface area (Å²) in [5.41, 5.74) is 0. The molecule has 0 radical (unpaired) electrons. The Morgan fingerprint density at radius 3 is 3.08 bits per heavy atom. The number of rotatable bonds is 1. The largest absolute Gasteiger partial charge is 0.252 e. The van der Waals surface area contributed by atoms with E-state index in [2.05, 4.69) is 32.7 Å². The monoisotopic (exact) mass is 313 g/mol. The summed E-state index contributed by atoms with van der Waals surface area (Å²) in [5, 5.41) is 4.14. The number of hydrogen-bond acceptors (Lipinski definition) is 4. The van der Waals surface area contributed by atoms with Gasteiger partial charge in [0.2, 0.25) is 9.30 Å². The van der Waals surface area contributed by atoms with Gasteiger partial charge in [-0.05, 0) is 22.6 Å². The van der Waals surface area contributed by atoms with Crippen LogP contribution >= 0.6 is 33.9 Å². The second-order valence-corrected chi connectivity index (χ2v) is 5.71. The van der Waals surface area contributed by atoms with Crippen molar-refractivity contribution >= 4 is 49.7 Å². The second-order valence-electron chi connectivity index (χ2n) is 2.10. The Morgan fingerprint density at radius 2 is 2.50 bits per heavy atom. The summed E-state index contributed by atoms with van der Waals surface area (Å²) >= 11 is 3.50. The van der Waals surface area contributed by atoms with Crippen LogP contribution < -0.4 is 0 Å². The molecule has 0 fully saturated rings. The van der Waals surface area contributed by atoms with Crippen molar-refractivity contribution in [3.63, 3.8) is 0 Å². The zero-order valence-electron chi connectivity index (χ0n) is 6.02. The summed E-state index contributed by atoms with van der Waals surface area (Å²) in [6.45, 7) is 0. The molecule has 1 atom stereocenters. The highest BCUT2D eigenvalue weighted by molar-refractivity contribution is 14.1. The third kappa shape index (κ3) is 1.29. The Morgan fingerprint density at radius 1 is 1.75 bits per heavy atom. The van der Waals surface area contributed by atoms with Crippen molar-refractivity contribution in [1.82, 2.24) is 14.6 Å². The normalized spacial score (nSPS) is 13.8. The number of hydrogen-bond donors (Lipinski definition) is 0. The van der Waals surface area contributed by atoms with Gasteiger partial charge in [-0.2, -0.15) is 4.52 Å². The zero-order valence-corrected chi connectivity index (χ0v) is 9.81. The summed E-state index contributed by atoms with van der Waals surface area (Å²) in [6, 6.07) is 0. The van der Waals surface area contributed by atoms with E-state index in [-0.39, 0.29) is 0 Å². The highest BCUT2D eigenvalue weighted by Crippen LogP contribution is 2.18. The molecule has 0 aliphatic heterocycles. The topological polar surface area (TPSA) is 47.3 Å². The van der Waals surface area contributed by atoms with Crippen LogP contribution in [0.3, 0.4) is 0 Å². The van der Waals surface area contributed by atoms with Gasteiger partial charge in [0.05, 0.1) is 17.0 Å². The van der Waals surface area contributed by atoms with Gasteiger partial charge in [0.1, 0.15) is 3.70 Å². The predicted octanol–water partition coefficient (Wildman–Crippen LogP) is 1.13. The van der Waals surface area contributed by atoms with Gasteiger partial charge < -0.3 is 0 Å². The van der Waals surface area contributed by atoms with Gasteiger partial charge in [-0.25, -0.2) is 4.98 Å².